The standard InChI is InChI=1S/C37H43BrClFN4O4S2/c1-36(2,3)50(46)43-37(19-30-28(22-45)34(39)42-35(41-30)49-6)17-7-8-27-29(40)18-31(33(38)32(27)37)44(20-23-9-13-25(47-4)14-10-23)21-24-11-15-26(48-5)16-12-24/h9-16,18,43,45H,7-8,17,19-22H2,1-6H3. The summed E-state index contributed by atoms with van der Waals surface area (Å²) in [6.45, 7) is 6.26. The minimum atomic E-state index is -1.55. The average molecular weight is 806 g/mol. The van der Waals surface area contributed by atoms with E-state index in [2.05, 4.69) is 30.5 Å². The first-order valence-corrected chi connectivity index (χ1v) is 19.8. The molecule has 0 aliphatic heterocycles. The van der Waals surface area contributed by atoms with E-state index in [4.69, 9.17) is 26.1 Å². The van der Waals surface area contributed by atoms with Crippen molar-refractivity contribution >= 4 is 56.0 Å². The molecule has 1 aliphatic rings. The van der Waals surface area contributed by atoms with Crippen LogP contribution in [0.3, 0.4) is 0 Å². The highest BCUT2D eigenvalue weighted by Gasteiger charge is 2.44. The normalized spacial score (nSPS) is 16.5. The molecular formula is C37H43BrClFN4O4S2. The van der Waals surface area contributed by atoms with Crippen molar-refractivity contribution in [2.45, 2.75) is 81.6 Å². The summed E-state index contributed by atoms with van der Waals surface area (Å²) in [6, 6.07) is 17.2. The molecule has 0 saturated heterocycles. The molecule has 0 amide bonds. The van der Waals surface area contributed by atoms with Gasteiger partial charge in [0.1, 0.15) is 22.5 Å². The minimum absolute atomic E-state index is 0.161. The number of methoxy groups -OCH3 is 2. The van der Waals surface area contributed by atoms with E-state index in [0.29, 0.717) is 70.1 Å². The highest BCUT2D eigenvalue weighted by atomic mass is 79.9. The Morgan fingerprint density at radius 1 is 1.06 bits per heavy atom. The van der Waals surface area contributed by atoms with Gasteiger partial charge in [0.05, 0.1) is 53.5 Å². The average Bonchev–Trinajstić information content (AvgIpc) is 3.09. The number of rotatable bonds is 13. The molecule has 1 heterocycles. The Kier molecular flexibility index (Phi) is 12.5. The summed E-state index contributed by atoms with van der Waals surface area (Å²) in [5.41, 5.74) is 3.79. The Labute approximate surface area is 314 Å². The largest absolute Gasteiger partial charge is 0.497 e. The van der Waals surface area contributed by atoms with Crippen LogP contribution in [0.25, 0.3) is 0 Å². The quantitative estimate of drug-likeness (QED) is 0.0792. The molecule has 0 saturated carbocycles. The van der Waals surface area contributed by atoms with Crippen molar-refractivity contribution in [1.82, 2.24) is 14.7 Å². The maximum atomic E-state index is 16.7. The summed E-state index contributed by atoms with van der Waals surface area (Å²) in [4.78, 5) is 11.3. The number of nitrogens with one attached hydrogen (secondary N) is 1. The van der Waals surface area contributed by atoms with Crippen LogP contribution in [-0.4, -0.2) is 44.5 Å². The molecule has 0 bridgehead atoms. The van der Waals surface area contributed by atoms with E-state index in [9.17, 15) is 9.32 Å². The van der Waals surface area contributed by atoms with Gasteiger partial charge in [-0.15, -0.1) is 0 Å². The van der Waals surface area contributed by atoms with E-state index in [-0.39, 0.29) is 24.0 Å². The fraction of sp³-hybridized carbons (Fsp3) is 0.405. The third kappa shape index (κ3) is 8.48. The molecule has 1 aliphatic carbocycles. The molecule has 50 heavy (non-hydrogen) atoms. The third-order valence-corrected chi connectivity index (χ3v) is 12.2. The summed E-state index contributed by atoms with van der Waals surface area (Å²) in [5, 5.41) is 11.0. The van der Waals surface area contributed by atoms with Crippen LogP contribution in [-0.2, 0) is 49.1 Å². The second-order valence-electron chi connectivity index (χ2n) is 13.3. The maximum absolute atomic E-state index is 16.7. The molecule has 2 unspecified atom stereocenters. The molecule has 0 spiro atoms. The smallest absolute Gasteiger partial charge is 0.188 e. The molecule has 0 radical (unpaired) electrons. The molecule has 0 fully saturated rings. The van der Waals surface area contributed by atoms with Gasteiger partial charge in [-0.25, -0.2) is 23.3 Å². The Morgan fingerprint density at radius 2 is 1.64 bits per heavy atom. The molecule has 5 rings (SSSR count). The van der Waals surface area contributed by atoms with Crippen molar-refractivity contribution < 1.29 is 23.2 Å². The van der Waals surface area contributed by atoms with Crippen LogP contribution in [0, 0.1) is 5.82 Å². The van der Waals surface area contributed by atoms with Gasteiger partial charge in [-0.2, -0.15) is 0 Å². The van der Waals surface area contributed by atoms with Gasteiger partial charge in [0.2, 0.25) is 0 Å². The predicted octanol–water partition coefficient (Wildman–Crippen LogP) is 8.30. The second-order valence-corrected chi connectivity index (χ2v) is 17.2. The lowest BCUT2D eigenvalue weighted by Gasteiger charge is -2.43. The number of halogens is 3. The number of fused-ring (bicyclic) bond motifs is 1. The predicted molar refractivity (Wildman–Crippen MR) is 204 cm³/mol. The zero-order valence-electron chi connectivity index (χ0n) is 29.1. The number of aliphatic hydroxyl groups excluding tert-OH is 1. The topological polar surface area (TPSA) is 96.8 Å². The Morgan fingerprint density at radius 3 is 2.14 bits per heavy atom. The van der Waals surface area contributed by atoms with Crippen molar-refractivity contribution in [3.05, 3.63) is 104 Å². The zero-order valence-corrected chi connectivity index (χ0v) is 33.1. The summed E-state index contributed by atoms with van der Waals surface area (Å²) in [7, 11) is 1.71. The zero-order chi connectivity index (χ0) is 36.2. The number of anilines is 1. The first-order chi connectivity index (χ1) is 23.8. The van der Waals surface area contributed by atoms with Gasteiger partial charge >= 0.3 is 0 Å². The number of aliphatic hydroxyl groups is 1. The van der Waals surface area contributed by atoms with Crippen molar-refractivity contribution in [2.24, 2.45) is 0 Å². The van der Waals surface area contributed by atoms with E-state index in [1.54, 1.807) is 20.3 Å². The molecular weight excluding hydrogens is 763 g/mol. The highest BCUT2D eigenvalue weighted by Crippen LogP contribution is 2.48. The van der Waals surface area contributed by atoms with Crippen LogP contribution in [0.15, 0.2) is 64.2 Å². The number of hydrogen-bond donors (Lipinski definition) is 2. The monoisotopic (exact) mass is 804 g/mol. The molecule has 2 atom stereocenters. The van der Waals surface area contributed by atoms with Crippen LogP contribution in [0.5, 0.6) is 11.5 Å². The number of thioether (sulfide) groups is 1. The SMILES string of the molecule is COc1ccc(CN(Cc2ccc(OC)cc2)c2cc(F)c3c(c2Br)C(Cc2nc(SC)nc(Cl)c2CO)(NS(=O)C(C)(C)C)CCC3)cc1. The van der Waals surface area contributed by atoms with Gasteiger partial charge in [-0.05, 0) is 115 Å². The van der Waals surface area contributed by atoms with Gasteiger partial charge in [-0.3, -0.25) is 0 Å². The third-order valence-electron chi connectivity index (χ3n) is 8.89. The Hall–Kier alpha value is -2.74. The number of hydrogen-bond acceptors (Lipinski definition) is 8. The highest BCUT2D eigenvalue weighted by molar-refractivity contribution is 9.10. The molecule has 8 nitrogen and oxygen atoms in total. The van der Waals surface area contributed by atoms with Crippen molar-refractivity contribution in [3.8, 4) is 11.5 Å². The van der Waals surface area contributed by atoms with Crippen LogP contribution in [0.1, 0.15) is 67.1 Å². The van der Waals surface area contributed by atoms with E-state index < -0.39 is 21.3 Å². The van der Waals surface area contributed by atoms with Gasteiger partial charge in [0.25, 0.3) is 0 Å². The van der Waals surface area contributed by atoms with Crippen molar-refractivity contribution in [2.75, 3.05) is 25.4 Å². The molecule has 268 valence electrons. The van der Waals surface area contributed by atoms with E-state index in [1.807, 2.05) is 75.6 Å². The first-order valence-electron chi connectivity index (χ1n) is 16.2. The van der Waals surface area contributed by atoms with Gasteiger partial charge in [-0.1, -0.05) is 47.6 Å². The second kappa shape index (κ2) is 16.3. The summed E-state index contributed by atoms with van der Waals surface area (Å²) < 4.78 is 45.0. The van der Waals surface area contributed by atoms with Crippen LogP contribution in [0.4, 0.5) is 10.1 Å². The van der Waals surface area contributed by atoms with Gasteiger partial charge < -0.3 is 19.5 Å². The Balaban J connectivity index is 1.72. The maximum Gasteiger partial charge on any atom is 0.188 e. The van der Waals surface area contributed by atoms with E-state index >= 15 is 4.39 Å². The lowest BCUT2D eigenvalue weighted by Crippen LogP contribution is -2.52. The van der Waals surface area contributed by atoms with Crippen LogP contribution < -0.4 is 19.1 Å². The lowest BCUT2D eigenvalue weighted by molar-refractivity contribution is 0.274. The lowest BCUT2D eigenvalue weighted by atomic mass is 9.73. The number of benzene rings is 3. The summed E-state index contributed by atoms with van der Waals surface area (Å²) in [5.74, 6) is 1.15. The summed E-state index contributed by atoms with van der Waals surface area (Å²) in [6.07, 6.45) is 3.75. The molecule has 4 aromatic rings. The van der Waals surface area contributed by atoms with Crippen molar-refractivity contribution in [1.29, 1.82) is 0 Å². The van der Waals surface area contributed by atoms with Crippen molar-refractivity contribution in [3.63, 3.8) is 0 Å². The van der Waals surface area contributed by atoms with Gasteiger partial charge in [0.15, 0.2) is 5.16 Å². The van der Waals surface area contributed by atoms with E-state index in [0.717, 1.165) is 22.6 Å². The molecule has 3 aromatic carbocycles. The van der Waals surface area contributed by atoms with Crippen LogP contribution in [0.2, 0.25) is 5.15 Å². The number of aromatic nitrogens is 2. The number of nitrogens with zero attached hydrogens (tertiary/aromatic N) is 3. The van der Waals surface area contributed by atoms with Crippen LogP contribution >= 0.6 is 39.3 Å². The fourth-order valence-electron chi connectivity index (χ4n) is 6.25. The molecule has 1 aromatic heterocycles. The fourth-order valence-corrected chi connectivity index (χ4v) is 8.85. The minimum Gasteiger partial charge on any atom is -0.497 e. The van der Waals surface area contributed by atoms with E-state index in [1.165, 1.54) is 11.8 Å². The summed E-state index contributed by atoms with van der Waals surface area (Å²) >= 11 is 11.9. The molecule has 2 N–H and O–H groups in total. The number of ether oxygens (including phenoxy) is 2. The first kappa shape index (κ1) is 38.5. The molecule has 13 heteroatoms. The van der Waals surface area contributed by atoms with Gasteiger partial charge in [0, 0.05) is 29.5 Å². The Bertz CT molecular complexity index is 1790.